The van der Waals surface area contributed by atoms with Crippen LogP contribution in [0.2, 0.25) is 0 Å². The number of carbonyl (C=O) groups excluding carboxylic acids is 2. The van der Waals surface area contributed by atoms with Crippen molar-refractivity contribution in [3.8, 4) is 5.75 Å². The van der Waals surface area contributed by atoms with E-state index >= 15 is 0 Å². The highest BCUT2D eigenvalue weighted by atomic mass is 16.5. The number of nitrogens with one attached hydrogen (secondary N) is 1. The number of rotatable bonds is 7. The van der Waals surface area contributed by atoms with Crippen LogP contribution in [0.25, 0.3) is 0 Å². The van der Waals surface area contributed by atoms with Crippen molar-refractivity contribution in [3.63, 3.8) is 0 Å². The van der Waals surface area contributed by atoms with Gasteiger partial charge in [-0.25, -0.2) is 4.79 Å². The maximum Gasteiger partial charge on any atom is 0.339 e. The van der Waals surface area contributed by atoms with Crippen LogP contribution in [-0.2, 0) is 9.53 Å². The summed E-state index contributed by atoms with van der Waals surface area (Å²) in [4.78, 5) is 24.3. The van der Waals surface area contributed by atoms with Crippen LogP contribution < -0.4 is 10.1 Å². The van der Waals surface area contributed by atoms with E-state index in [9.17, 15) is 9.59 Å². The van der Waals surface area contributed by atoms with Gasteiger partial charge in [-0.15, -0.1) is 0 Å². The molecule has 1 aromatic carbocycles. The molecule has 5 nitrogen and oxygen atoms in total. The summed E-state index contributed by atoms with van der Waals surface area (Å²) in [6, 6.07) is 5.08. The van der Waals surface area contributed by atoms with Gasteiger partial charge in [0.25, 0.3) is 5.91 Å². The van der Waals surface area contributed by atoms with E-state index in [4.69, 9.17) is 9.47 Å². The van der Waals surface area contributed by atoms with Crippen molar-refractivity contribution in [1.82, 2.24) is 5.32 Å². The molecule has 0 saturated heterocycles. The number of carbonyl (C=O) groups is 2. The summed E-state index contributed by atoms with van der Waals surface area (Å²) in [5.41, 5.74) is 2.71. The summed E-state index contributed by atoms with van der Waals surface area (Å²) in [6.45, 7) is 4.05. The van der Waals surface area contributed by atoms with Crippen LogP contribution in [0, 0.1) is 6.92 Å². The molecule has 0 aliphatic heterocycles. The van der Waals surface area contributed by atoms with E-state index in [0.29, 0.717) is 17.9 Å². The Bertz CT molecular complexity index is 651. The van der Waals surface area contributed by atoms with Gasteiger partial charge in [-0.2, -0.15) is 0 Å². The van der Waals surface area contributed by atoms with Gasteiger partial charge in [0.05, 0.1) is 12.7 Å². The SMILES string of the molecule is COc1cc(C(=O)O[C@@H](C)C(=O)NCCC2=CCCCC2)ccc1C. The Balaban J connectivity index is 1.81. The Kier molecular flexibility index (Phi) is 7.04. The molecule has 136 valence electrons. The van der Waals surface area contributed by atoms with E-state index in [0.717, 1.165) is 24.8 Å². The largest absolute Gasteiger partial charge is 0.496 e. The van der Waals surface area contributed by atoms with Crippen LogP contribution in [0.1, 0.15) is 54.9 Å². The Labute approximate surface area is 149 Å². The van der Waals surface area contributed by atoms with Gasteiger partial charge in [0.15, 0.2) is 6.10 Å². The predicted molar refractivity (Wildman–Crippen MR) is 96.8 cm³/mol. The first-order chi connectivity index (χ1) is 12.0. The van der Waals surface area contributed by atoms with Crippen molar-refractivity contribution in [2.75, 3.05) is 13.7 Å². The van der Waals surface area contributed by atoms with Crippen LogP contribution in [0.3, 0.4) is 0 Å². The van der Waals surface area contributed by atoms with Crippen LogP contribution >= 0.6 is 0 Å². The van der Waals surface area contributed by atoms with E-state index in [2.05, 4.69) is 11.4 Å². The number of hydrogen-bond acceptors (Lipinski definition) is 4. The fraction of sp³-hybridized carbons (Fsp3) is 0.500. The fourth-order valence-corrected chi connectivity index (χ4v) is 2.85. The summed E-state index contributed by atoms with van der Waals surface area (Å²) < 4.78 is 10.5. The lowest BCUT2D eigenvalue weighted by atomic mass is 9.97. The van der Waals surface area contributed by atoms with Gasteiger partial charge in [-0.1, -0.05) is 17.7 Å². The summed E-state index contributed by atoms with van der Waals surface area (Å²) in [6.07, 6.45) is 7.04. The average molecular weight is 345 g/mol. The molecule has 1 atom stereocenters. The minimum atomic E-state index is -0.833. The number of benzene rings is 1. The number of ether oxygens (including phenoxy) is 2. The van der Waals surface area contributed by atoms with E-state index in [1.807, 2.05) is 6.92 Å². The van der Waals surface area contributed by atoms with Gasteiger partial charge in [0.2, 0.25) is 0 Å². The molecular weight excluding hydrogens is 318 g/mol. The molecule has 0 radical (unpaired) electrons. The normalized spacial score (nSPS) is 15.1. The molecule has 0 spiro atoms. The van der Waals surface area contributed by atoms with E-state index in [-0.39, 0.29) is 5.91 Å². The second-order valence-electron chi connectivity index (χ2n) is 6.38. The summed E-state index contributed by atoms with van der Waals surface area (Å²) >= 11 is 0. The molecule has 0 bridgehead atoms. The van der Waals surface area contributed by atoms with Crippen molar-refractivity contribution >= 4 is 11.9 Å². The third kappa shape index (κ3) is 5.62. The molecule has 1 aliphatic rings. The van der Waals surface area contributed by atoms with Gasteiger partial charge in [-0.3, -0.25) is 4.79 Å². The molecule has 0 heterocycles. The molecular formula is C20H27NO4. The third-order valence-electron chi connectivity index (χ3n) is 4.43. The monoisotopic (exact) mass is 345 g/mol. The molecule has 0 fully saturated rings. The number of aryl methyl sites for hydroxylation is 1. The van der Waals surface area contributed by atoms with E-state index in [1.165, 1.54) is 18.4 Å². The van der Waals surface area contributed by atoms with Gasteiger partial charge in [0, 0.05) is 6.54 Å². The van der Waals surface area contributed by atoms with Crippen LogP contribution in [0.15, 0.2) is 29.8 Å². The van der Waals surface area contributed by atoms with Gasteiger partial charge in [-0.05, 0) is 63.6 Å². The number of methoxy groups -OCH3 is 1. The second kappa shape index (κ2) is 9.25. The predicted octanol–water partition coefficient (Wildman–Crippen LogP) is 3.56. The Morgan fingerprint density at radius 3 is 2.76 bits per heavy atom. The first-order valence-electron chi connectivity index (χ1n) is 8.82. The third-order valence-corrected chi connectivity index (χ3v) is 4.43. The Morgan fingerprint density at radius 2 is 2.08 bits per heavy atom. The zero-order valence-corrected chi connectivity index (χ0v) is 15.3. The van der Waals surface area contributed by atoms with E-state index < -0.39 is 12.1 Å². The minimum absolute atomic E-state index is 0.274. The summed E-state index contributed by atoms with van der Waals surface area (Å²) in [7, 11) is 1.55. The molecule has 5 heteroatoms. The first kappa shape index (κ1) is 19.0. The van der Waals surface area contributed by atoms with Crippen molar-refractivity contribution in [2.24, 2.45) is 0 Å². The van der Waals surface area contributed by atoms with Crippen molar-refractivity contribution in [1.29, 1.82) is 0 Å². The topological polar surface area (TPSA) is 64.6 Å². The zero-order chi connectivity index (χ0) is 18.2. The van der Waals surface area contributed by atoms with Crippen molar-refractivity contribution in [3.05, 3.63) is 41.0 Å². The number of allylic oxidation sites excluding steroid dienone is 1. The fourth-order valence-electron chi connectivity index (χ4n) is 2.85. The lowest BCUT2D eigenvalue weighted by Gasteiger charge is -2.16. The second-order valence-corrected chi connectivity index (χ2v) is 6.38. The highest BCUT2D eigenvalue weighted by molar-refractivity contribution is 5.92. The quantitative estimate of drug-likeness (QED) is 0.606. The maximum absolute atomic E-state index is 12.2. The number of hydrogen-bond donors (Lipinski definition) is 1. The molecule has 1 amide bonds. The lowest BCUT2D eigenvalue weighted by Crippen LogP contribution is -2.36. The molecule has 0 saturated carbocycles. The summed E-state index contributed by atoms with van der Waals surface area (Å²) in [5, 5.41) is 2.84. The standard InChI is InChI=1S/C20H27NO4/c1-14-9-10-17(13-18(14)24-3)20(23)25-15(2)19(22)21-12-11-16-7-5-4-6-8-16/h7,9-10,13,15H,4-6,8,11-12H2,1-3H3,(H,21,22)/t15-/m0/s1. The number of esters is 1. The highest BCUT2D eigenvalue weighted by Crippen LogP contribution is 2.20. The molecule has 1 N–H and O–H groups in total. The summed E-state index contributed by atoms with van der Waals surface area (Å²) in [5.74, 6) is -0.188. The zero-order valence-electron chi connectivity index (χ0n) is 15.3. The Morgan fingerprint density at radius 1 is 1.28 bits per heavy atom. The van der Waals surface area contributed by atoms with Crippen molar-refractivity contribution in [2.45, 2.75) is 52.1 Å². The first-order valence-corrected chi connectivity index (χ1v) is 8.82. The van der Waals surface area contributed by atoms with Crippen LogP contribution in [0.4, 0.5) is 0 Å². The minimum Gasteiger partial charge on any atom is -0.496 e. The van der Waals surface area contributed by atoms with Gasteiger partial charge in [0.1, 0.15) is 5.75 Å². The molecule has 2 rings (SSSR count). The molecule has 0 aromatic heterocycles. The molecule has 25 heavy (non-hydrogen) atoms. The van der Waals surface area contributed by atoms with Crippen molar-refractivity contribution < 1.29 is 19.1 Å². The lowest BCUT2D eigenvalue weighted by molar-refractivity contribution is -0.129. The molecule has 1 aromatic rings. The highest BCUT2D eigenvalue weighted by Gasteiger charge is 2.19. The maximum atomic E-state index is 12.2. The van der Waals surface area contributed by atoms with E-state index in [1.54, 1.807) is 32.2 Å². The van der Waals surface area contributed by atoms with Gasteiger partial charge < -0.3 is 14.8 Å². The van der Waals surface area contributed by atoms with Crippen LogP contribution in [0.5, 0.6) is 5.75 Å². The molecule has 1 aliphatic carbocycles. The Hall–Kier alpha value is -2.30. The van der Waals surface area contributed by atoms with Crippen LogP contribution in [-0.4, -0.2) is 31.6 Å². The smallest absolute Gasteiger partial charge is 0.339 e. The average Bonchev–Trinajstić information content (AvgIpc) is 2.62. The molecule has 0 unspecified atom stereocenters. The van der Waals surface area contributed by atoms with Gasteiger partial charge >= 0.3 is 5.97 Å². The number of amides is 1.